The Balaban J connectivity index is 1.60. The van der Waals surface area contributed by atoms with E-state index in [9.17, 15) is 4.79 Å². The van der Waals surface area contributed by atoms with Gasteiger partial charge in [-0.25, -0.2) is 0 Å². The van der Waals surface area contributed by atoms with E-state index in [2.05, 4.69) is 15.5 Å². The van der Waals surface area contributed by atoms with Crippen LogP contribution in [-0.2, 0) is 9.53 Å². The highest BCUT2D eigenvalue weighted by molar-refractivity contribution is 5.78. The van der Waals surface area contributed by atoms with Crippen molar-refractivity contribution in [2.24, 2.45) is 5.92 Å². The molecule has 5 nitrogen and oxygen atoms in total. The number of carbonyl (C=O) groups is 1. The molecule has 0 spiro atoms. The second-order valence-corrected chi connectivity index (χ2v) is 5.78. The molecule has 2 aliphatic rings. The zero-order valence-corrected chi connectivity index (χ0v) is 12.0. The monoisotopic (exact) mass is 269 g/mol. The van der Waals surface area contributed by atoms with Gasteiger partial charge in [-0.15, -0.1) is 0 Å². The fourth-order valence-corrected chi connectivity index (χ4v) is 2.65. The first kappa shape index (κ1) is 14.8. The average Bonchev–Trinajstić information content (AvgIpc) is 3.19. The number of rotatable bonds is 8. The largest absolute Gasteiger partial charge is 0.383 e. The summed E-state index contributed by atoms with van der Waals surface area (Å²) in [5, 5.41) is 6.48. The molecule has 0 bridgehead atoms. The van der Waals surface area contributed by atoms with Gasteiger partial charge < -0.3 is 15.4 Å². The van der Waals surface area contributed by atoms with E-state index in [0.29, 0.717) is 18.5 Å². The molecule has 1 saturated heterocycles. The minimum Gasteiger partial charge on any atom is -0.383 e. The quantitative estimate of drug-likeness (QED) is 0.619. The Hall–Kier alpha value is -0.650. The lowest BCUT2D eigenvalue weighted by Gasteiger charge is -2.32. The van der Waals surface area contributed by atoms with Gasteiger partial charge in [0.1, 0.15) is 0 Å². The number of hydrogen-bond acceptors (Lipinski definition) is 4. The van der Waals surface area contributed by atoms with Crippen LogP contribution in [0.5, 0.6) is 0 Å². The van der Waals surface area contributed by atoms with Gasteiger partial charge in [0, 0.05) is 26.2 Å². The van der Waals surface area contributed by atoms with Gasteiger partial charge in [0.05, 0.1) is 13.2 Å². The van der Waals surface area contributed by atoms with Crippen molar-refractivity contribution in [3.05, 3.63) is 0 Å². The van der Waals surface area contributed by atoms with Crippen LogP contribution in [0, 0.1) is 5.92 Å². The van der Waals surface area contributed by atoms with Gasteiger partial charge in [-0.05, 0) is 44.7 Å². The van der Waals surface area contributed by atoms with Gasteiger partial charge in [-0.2, -0.15) is 0 Å². The van der Waals surface area contributed by atoms with E-state index in [4.69, 9.17) is 4.74 Å². The van der Waals surface area contributed by atoms with E-state index in [1.54, 1.807) is 7.11 Å². The van der Waals surface area contributed by atoms with E-state index < -0.39 is 0 Å². The maximum absolute atomic E-state index is 11.8. The Morgan fingerprint density at radius 1 is 1.37 bits per heavy atom. The van der Waals surface area contributed by atoms with Crippen LogP contribution in [-0.4, -0.2) is 63.3 Å². The maximum atomic E-state index is 11.8. The summed E-state index contributed by atoms with van der Waals surface area (Å²) in [6.07, 6.45) is 4.80. The Bertz CT molecular complexity index is 282. The molecule has 1 aliphatic carbocycles. The number of carbonyl (C=O) groups excluding carboxylic acids is 1. The number of ether oxygens (including phenoxy) is 1. The summed E-state index contributed by atoms with van der Waals surface area (Å²) in [6, 6.07) is 0.476. The summed E-state index contributed by atoms with van der Waals surface area (Å²) in [7, 11) is 1.72. The van der Waals surface area contributed by atoms with Crippen molar-refractivity contribution in [1.82, 2.24) is 15.5 Å². The Morgan fingerprint density at radius 3 is 2.95 bits per heavy atom. The van der Waals surface area contributed by atoms with Crippen molar-refractivity contribution in [2.45, 2.75) is 31.7 Å². The van der Waals surface area contributed by atoms with Crippen molar-refractivity contribution >= 4 is 5.91 Å². The molecule has 1 aliphatic heterocycles. The van der Waals surface area contributed by atoms with Crippen LogP contribution in [0.15, 0.2) is 0 Å². The number of nitrogens with one attached hydrogen (secondary N) is 2. The predicted molar refractivity (Wildman–Crippen MR) is 75.1 cm³/mol. The van der Waals surface area contributed by atoms with Crippen molar-refractivity contribution in [3.63, 3.8) is 0 Å². The van der Waals surface area contributed by atoms with Gasteiger partial charge in [-0.1, -0.05) is 0 Å². The lowest BCUT2D eigenvalue weighted by molar-refractivity contribution is -0.122. The third kappa shape index (κ3) is 5.89. The van der Waals surface area contributed by atoms with Crippen LogP contribution >= 0.6 is 0 Å². The third-order valence-electron chi connectivity index (χ3n) is 3.83. The van der Waals surface area contributed by atoms with E-state index in [1.165, 1.54) is 12.8 Å². The highest BCUT2D eigenvalue weighted by atomic mass is 16.5. The first-order valence-electron chi connectivity index (χ1n) is 7.49. The normalized spacial score (nSPS) is 24.4. The predicted octanol–water partition coefficient (Wildman–Crippen LogP) is 0.213. The topological polar surface area (TPSA) is 53.6 Å². The minimum absolute atomic E-state index is 0.204. The zero-order valence-electron chi connectivity index (χ0n) is 12.0. The fraction of sp³-hybridized carbons (Fsp3) is 0.929. The molecular weight excluding hydrogens is 242 g/mol. The van der Waals surface area contributed by atoms with Gasteiger partial charge in [-0.3, -0.25) is 9.69 Å². The lowest BCUT2D eigenvalue weighted by Crippen LogP contribution is -2.45. The van der Waals surface area contributed by atoms with Crippen LogP contribution in [0.3, 0.4) is 0 Å². The van der Waals surface area contributed by atoms with Gasteiger partial charge in [0.2, 0.25) is 5.91 Å². The Labute approximate surface area is 116 Å². The molecule has 5 heteroatoms. The zero-order chi connectivity index (χ0) is 13.5. The van der Waals surface area contributed by atoms with Crippen LogP contribution in [0.4, 0.5) is 0 Å². The number of amides is 1. The third-order valence-corrected chi connectivity index (χ3v) is 3.83. The lowest BCUT2D eigenvalue weighted by atomic mass is 9.98. The highest BCUT2D eigenvalue weighted by Crippen LogP contribution is 2.19. The Morgan fingerprint density at radius 2 is 2.21 bits per heavy atom. The van der Waals surface area contributed by atoms with Crippen molar-refractivity contribution in [2.75, 3.05) is 46.4 Å². The molecule has 2 rings (SSSR count). The molecule has 0 aromatic rings. The molecule has 1 saturated carbocycles. The molecule has 19 heavy (non-hydrogen) atoms. The Kier molecular flexibility index (Phi) is 6.07. The van der Waals surface area contributed by atoms with Gasteiger partial charge in [0.25, 0.3) is 0 Å². The van der Waals surface area contributed by atoms with Crippen molar-refractivity contribution in [1.29, 1.82) is 0 Å². The van der Waals surface area contributed by atoms with Crippen molar-refractivity contribution < 1.29 is 9.53 Å². The molecule has 1 amide bonds. The van der Waals surface area contributed by atoms with Gasteiger partial charge >= 0.3 is 0 Å². The average molecular weight is 269 g/mol. The molecule has 0 aromatic heterocycles. The molecule has 1 heterocycles. The summed E-state index contributed by atoms with van der Waals surface area (Å²) in [5.41, 5.74) is 0. The number of nitrogens with zero attached hydrogens (tertiary/aromatic N) is 1. The van der Waals surface area contributed by atoms with E-state index >= 15 is 0 Å². The first-order chi connectivity index (χ1) is 9.28. The first-order valence-corrected chi connectivity index (χ1v) is 7.49. The van der Waals surface area contributed by atoms with Crippen molar-refractivity contribution in [3.8, 4) is 0 Å². The van der Waals surface area contributed by atoms with Crippen LogP contribution in [0.25, 0.3) is 0 Å². The summed E-state index contributed by atoms with van der Waals surface area (Å²) < 4.78 is 5.02. The molecule has 1 atom stereocenters. The molecule has 2 N–H and O–H groups in total. The number of piperidine rings is 1. The molecular formula is C14H27N3O2. The highest BCUT2D eigenvalue weighted by Gasteiger charge is 2.25. The SMILES string of the molecule is COCCNCC1CCCN(CC(=O)NC2CC2)C1. The number of hydrogen-bond donors (Lipinski definition) is 2. The van der Waals surface area contributed by atoms with Crippen LogP contribution in [0.2, 0.25) is 0 Å². The fourth-order valence-electron chi connectivity index (χ4n) is 2.65. The second kappa shape index (κ2) is 7.82. The molecule has 0 aromatic carbocycles. The molecule has 110 valence electrons. The van der Waals surface area contributed by atoms with Crippen LogP contribution < -0.4 is 10.6 Å². The molecule has 0 radical (unpaired) electrons. The molecule has 2 fully saturated rings. The summed E-state index contributed by atoms with van der Waals surface area (Å²) in [4.78, 5) is 14.1. The van der Waals surface area contributed by atoms with Crippen LogP contribution in [0.1, 0.15) is 25.7 Å². The number of likely N-dealkylation sites (tertiary alicyclic amines) is 1. The maximum Gasteiger partial charge on any atom is 0.234 e. The summed E-state index contributed by atoms with van der Waals surface area (Å²) in [6.45, 7) is 5.38. The standard InChI is InChI=1S/C14H27N3O2/c1-19-8-6-15-9-12-3-2-7-17(10-12)11-14(18)16-13-4-5-13/h12-13,15H,2-11H2,1H3,(H,16,18). The van der Waals surface area contributed by atoms with E-state index in [1.807, 2.05) is 0 Å². The van der Waals surface area contributed by atoms with Gasteiger partial charge in [0.15, 0.2) is 0 Å². The summed E-state index contributed by atoms with van der Waals surface area (Å²) >= 11 is 0. The van der Waals surface area contributed by atoms with E-state index in [0.717, 1.165) is 45.6 Å². The van der Waals surface area contributed by atoms with E-state index in [-0.39, 0.29) is 5.91 Å². The minimum atomic E-state index is 0.204. The summed E-state index contributed by atoms with van der Waals surface area (Å²) in [5.74, 6) is 0.870. The second-order valence-electron chi connectivity index (χ2n) is 5.78. The molecule has 1 unspecified atom stereocenters. The number of methoxy groups -OCH3 is 1. The smallest absolute Gasteiger partial charge is 0.234 e.